The number of carbonyl (C=O) groups excluding carboxylic acids is 1. The first-order valence-corrected chi connectivity index (χ1v) is 2.55. The van der Waals surface area contributed by atoms with Crippen LogP contribution in [0.1, 0.15) is 6.92 Å². The number of rotatable bonds is 3. The largest absolute Gasteiger partial charge is 0.481 e. The molecule has 0 saturated heterocycles. The first-order valence-electron chi connectivity index (χ1n) is 2.55. The van der Waals surface area contributed by atoms with E-state index in [-0.39, 0.29) is 0 Å². The highest BCUT2D eigenvalue weighted by Gasteiger charge is 2.21. The van der Waals surface area contributed by atoms with E-state index in [1.165, 1.54) is 0 Å². The summed E-state index contributed by atoms with van der Waals surface area (Å²) in [6, 6.07) is 0. The van der Waals surface area contributed by atoms with Gasteiger partial charge in [-0.25, -0.2) is 4.39 Å². The standard InChI is InChI=1S/C5H7FO4/c1-3(4(7)8)5(9)10-2-6/h3H,2H2,1H3,(H,7,8). The second-order valence-corrected chi connectivity index (χ2v) is 1.63. The van der Waals surface area contributed by atoms with E-state index < -0.39 is 24.7 Å². The molecule has 10 heavy (non-hydrogen) atoms. The number of carbonyl (C=O) groups is 2. The lowest BCUT2D eigenvalue weighted by Crippen LogP contribution is -2.22. The van der Waals surface area contributed by atoms with Gasteiger partial charge in [-0.1, -0.05) is 0 Å². The Kier molecular flexibility index (Phi) is 3.38. The van der Waals surface area contributed by atoms with Gasteiger partial charge in [-0.2, -0.15) is 0 Å². The van der Waals surface area contributed by atoms with Crippen LogP contribution in [-0.4, -0.2) is 23.9 Å². The summed E-state index contributed by atoms with van der Waals surface area (Å²) < 4.78 is 15.0. The maximum Gasteiger partial charge on any atom is 0.322 e. The Morgan fingerprint density at radius 2 is 2.20 bits per heavy atom. The van der Waals surface area contributed by atoms with E-state index in [0.717, 1.165) is 6.92 Å². The van der Waals surface area contributed by atoms with Crippen molar-refractivity contribution in [1.82, 2.24) is 0 Å². The maximum absolute atomic E-state index is 11.2. The summed E-state index contributed by atoms with van der Waals surface area (Å²) in [7, 11) is 0. The first-order chi connectivity index (χ1) is 4.59. The van der Waals surface area contributed by atoms with Gasteiger partial charge in [0, 0.05) is 0 Å². The summed E-state index contributed by atoms with van der Waals surface area (Å²) in [5.41, 5.74) is 0. The number of halogens is 1. The predicted molar refractivity (Wildman–Crippen MR) is 28.9 cm³/mol. The number of carboxylic acids is 1. The minimum absolute atomic E-state index is 1.06. The molecule has 1 unspecified atom stereocenters. The third-order valence-electron chi connectivity index (χ3n) is 0.921. The van der Waals surface area contributed by atoms with E-state index in [2.05, 4.69) is 4.74 Å². The van der Waals surface area contributed by atoms with Crippen LogP contribution in [0, 0.1) is 5.92 Å². The Morgan fingerprint density at radius 3 is 2.50 bits per heavy atom. The first kappa shape index (κ1) is 8.87. The zero-order valence-electron chi connectivity index (χ0n) is 5.33. The SMILES string of the molecule is CC(C(=O)O)C(=O)OCF. The van der Waals surface area contributed by atoms with Gasteiger partial charge in [0.1, 0.15) is 0 Å². The van der Waals surface area contributed by atoms with Crippen LogP contribution in [0.25, 0.3) is 0 Å². The van der Waals surface area contributed by atoms with Crippen molar-refractivity contribution in [2.45, 2.75) is 6.92 Å². The molecule has 0 radical (unpaired) electrons. The van der Waals surface area contributed by atoms with Crippen molar-refractivity contribution in [3.63, 3.8) is 0 Å². The fourth-order valence-electron chi connectivity index (χ4n) is 0.280. The third kappa shape index (κ3) is 2.43. The molecule has 0 aliphatic heterocycles. The molecule has 1 atom stereocenters. The summed E-state index contributed by atoms with van der Waals surface area (Å²) in [4.78, 5) is 20.3. The highest BCUT2D eigenvalue weighted by atomic mass is 19.1. The lowest BCUT2D eigenvalue weighted by molar-refractivity contribution is -0.160. The lowest BCUT2D eigenvalue weighted by atomic mass is 10.2. The highest BCUT2D eigenvalue weighted by Crippen LogP contribution is 1.97. The average Bonchev–Trinajstić information content (AvgIpc) is 1.87. The summed E-state index contributed by atoms with van der Waals surface area (Å²) in [6.45, 7) is -0.156. The van der Waals surface area contributed by atoms with Gasteiger partial charge >= 0.3 is 11.9 Å². The second kappa shape index (κ2) is 3.81. The molecule has 0 saturated carbocycles. The average molecular weight is 150 g/mol. The van der Waals surface area contributed by atoms with Gasteiger partial charge in [-0.05, 0) is 6.92 Å². The van der Waals surface area contributed by atoms with Gasteiger partial charge in [-0.3, -0.25) is 9.59 Å². The molecule has 1 N–H and O–H groups in total. The molecule has 0 aromatic carbocycles. The van der Waals surface area contributed by atoms with Gasteiger partial charge in [0.15, 0.2) is 5.92 Å². The molecule has 0 bridgehead atoms. The van der Waals surface area contributed by atoms with E-state index in [1.54, 1.807) is 0 Å². The summed E-state index contributed by atoms with van der Waals surface area (Å²) in [6.07, 6.45) is 0. The monoisotopic (exact) mass is 150 g/mol. The summed E-state index contributed by atoms with van der Waals surface area (Å²) >= 11 is 0. The Bertz CT molecular complexity index is 145. The Labute approximate surface area is 56.6 Å². The molecule has 4 nitrogen and oxygen atoms in total. The van der Waals surface area contributed by atoms with Crippen molar-refractivity contribution in [3.05, 3.63) is 0 Å². The van der Waals surface area contributed by atoms with Crippen LogP contribution in [0.4, 0.5) is 4.39 Å². The number of alkyl halides is 1. The van der Waals surface area contributed by atoms with Crippen molar-refractivity contribution in [3.8, 4) is 0 Å². The lowest BCUT2D eigenvalue weighted by Gasteiger charge is -2.02. The molecular weight excluding hydrogens is 143 g/mol. The molecule has 0 amide bonds. The number of aliphatic carboxylic acids is 1. The third-order valence-corrected chi connectivity index (χ3v) is 0.921. The van der Waals surface area contributed by atoms with Crippen LogP contribution in [0.2, 0.25) is 0 Å². The normalized spacial score (nSPS) is 12.2. The molecular formula is C5H7FO4. The summed E-state index contributed by atoms with van der Waals surface area (Å²) in [5, 5.41) is 8.16. The molecule has 0 aromatic rings. The van der Waals surface area contributed by atoms with E-state index in [9.17, 15) is 14.0 Å². The molecule has 5 heteroatoms. The molecule has 0 heterocycles. The van der Waals surface area contributed by atoms with Crippen molar-refractivity contribution in [1.29, 1.82) is 0 Å². The van der Waals surface area contributed by atoms with Crippen molar-refractivity contribution in [2.75, 3.05) is 6.86 Å². The number of carboxylic acid groups (broad SMARTS) is 1. The van der Waals surface area contributed by atoms with Crippen LogP contribution in [0.5, 0.6) is 0 Å². The fraction of sp³-hybridized carbons (Fsp3) is 0.600. The van der Waals surface area contributed by atoms with Crippen molar-refractivity contribution in [2.24, 2.45) is 5.92 Å². The molecule has 0 aliphatic carbocycles. The zero-order valence-corrected chi connectivity index (χ0v) is 5.33. The van der Waals surface area contributed by atoms with Crippen LogP contribution < -0.4 is 0 Å². The van der Waals surface area contributed by atoms with Crippen LogP contribution in [0.3, 0.4) is 0 Å². The minimum Gasteiger partial charge on any atom is -0.481 e. The van der Waals surface area contributed by atoms with Crippen LogP contribution >= 0.6 is 0 Å². The minimum atomic E-state index is -1.32. The van der Waals surface area contributed by atoms with E-state index in [1.807, 2.05) is 0 Å². The molecule has 58 valence electrons. The van der Waals surface area contributed by atoms with Gasteiger partial charge < -0.3 is 9.84 Å². The topological polar surface area (TPSA) is 63.6 Å². The molecule has 0 rings (SSSR count). The number of hydrogen-bond acceptors (Lipinski definition) is 3. The Balaban J connectivity index is 3.82. The van der Waals surface area contributed by atoms with Gasteiger partial charge in [0.25, 0.3) is 0 Å². The Morgan fingerprint density at radius 1 is 1.70 bits per heavy atom. The van der Waals surface area contributed by atoms with Crippen molar-refractivity contribution >= 4 is 11.9 Å². The maximum atomic E-state index is 11.2. The van der Waals surface area contributed by atoms with E-state index in [4.69, 9.17) is 5.11 Å². The molecule has 0 spiro atoms. The number of hydrogen-bond donors (Lipinski definition) is 1. The smallest absolute Gasteiger partial charge is 0.322 e. The zero-order chi connectivity index (χ0) is 8.15. The van der Waals surface area contributed by atoms with E-state index >= 15 is 0 Å². The van der Waals surface area contributed by atoms with Crippen LogP contribution in [0.15, 0.2) is 0 Å². The highest BCUT2D eigenvalue weighted by molar-refractivity contribution is 5.93. The van der Waals surface area contributed by atoms with Gasteiger partial charge in [-0.15, -0.1) is 0 Å². The molecule has 0 aliphatic rings. The van der Waals surface area contributed by atoms with Gasteiger partial charge in [0.2, 0.25) is 6.86 Å². The molecule has 0 fully saturated rings. The van der Waals surface area contributed by atoms with Crippen LogP contribution in [-0.2, 0) is 14.3 Å². The predicted octanol–water partition coefficient (Wildman–Crippen LogP) is 0.177. The second-order valence-electron chi connectivity index (χ2n) is 1.63. The number of esters is 1. The quantitative estimate of drug-likeness (QED) is 0.460. The molecule has 0 aromatic heterocycles. The van der Waals surface area contributed by atoms with E-state index in [0.29, 0.717) is 0 Å². The van der Waals surface area contributed by atoms with Gasteiger partial charge in [0.05, 0.1) is 0 Å². The van der Waals surface area contributed by atoms with Crippen molar-refractivity contribution < 1.29 is 23.8 Å². The Hall–Kier alpha value is -1.13. The number of ether oxygens (including phenoxy) is 1. The summed E-state index contributed by atoms with van der Waals surface area (Å²) in [5.74, 6) is -3.68. The fourth-order valence-corrected chi connectivity index (χ4v) is 0.280.